The van der Waals surface area contributed by atoms with Crippen molar-refractivity contribution in [1.82, 2.24) is 20.1 Å². The molecule has 0 saturated heterocycles. The van der Waals surface area contributed by atoms with E-state index in [4.69, 9.17) is 11.6 Å². The summed E-state index contributed by atoms with van der Waals surface area (Å²) in [6.45, 7) is 1.25. The van der Waals surface area contributed by atoms with Gasteiger partial charge in [0.15, 0.2) is 5.82 Å². The van der Waals surface area contributed by atoms with Crippen molar-refractivity contribution in [2.24, 2.45) is 0 Å². The Morgan fingerprint density at radius 2 is 1.88 bits per heavy atom. The van der Waals surface area contributed by atoms with Gasteiger partial charge in [0.1, 0.15) is 5.82 Å². The third-order valence-electron chi connectivity index (χ3n) is 4.98. The van der Waals surface area contributed by atoms with Gasteiger partial charge >= 0.3 is 6.36 Å². The first-order valence-electron chi connectivity index (χ1n) is 8.59. The third kappa shape index (κ3) is 3.58. The lowest BCUT2D eigenvalue weighted by Gasteiger charge is -2.28. The molecule has 2 aliphatic rings. The monoisotopic (exact) mass is 386 g/mol. The van der Waals surface area contributed by atoms with Gasteiger partial charge < -0.3 is 5.32 Å². The molecule has 0 unspecified atom stereocenters. The summed E-state index contributed by atoms with van der Waals surface area (Å²) in [6, 6.07) is 5.68. The van der Waals surface area contributed by atoms with Crippen molar-refractivity contribution in [2.45, 2.75) is 57.2 Å². The fraction of sp³-hybridized carbons (Fsp3) is 0.529. The lowest BCUT2D eigenvalue weighted by atomic mass is 9.86. The Morgan fingerprint density at radius 3 is 2.62 bits per heavy atom. The molecule has 1 N–H and O–H groups in total. The Hall–Kier alpha value is -1.64. The number of nitrogens with one attached hydrogen (secondary N) is 1. The molecular formula is C17H18ClF3N4O. The van der Waals surface area contributed by atoms with E-state index in [2.05, 4.69) is 20.3 Å². The molecule has 1 aliphatic carbocycles. The van der Waals surface area contributed by atoms with E-state index in [0.717, 1.165) is 22.9 Å². The number of hydrogen-bond acceptors (Lipinski definition) is 4. The van der Waals surface area contributed by atoms with Crippen molar-refractivity contribution in [3.8, 4) is 5.69 Å². The molecule has 1 fully saturated rings. The van der Waals surface area contributed by atoms with Gasteiger partial charge in [-0.25, -0.2) is 0 Å². The van der Waals surface area contributed by atoms with Crippen LogP contribution >= 0.6 is 11.6 Å². The van der Waals surface area contributed by atoms with Crippen molar-refractivity contribution in [1.29, 1.82) is 0 Å². The average molecular weight is 387 g/mol. The maximum absolute atomic E-state index is 12.4. The number of alkyl halides is 3. The Bertz CT molecular complexity index is 800. The van der Waals surface area contributed by atoms with Gasteiger partial charge in [-0.15, -0.1) is 23.4 Å². The lowest BCUT2D eigenvalue weighted by molar-refractivity contribution is -0.345. The zero-order chi connectivity index (χ0) is 18.3. The summed E-state index contributed by atoms with van der Waals surface area (Å²) in [6.07, 6.45) is -3.45. The van der Waals surface area contributed by atoms with Crippen LogP contribution in [0.25, 0.3) is 5.69 Å². The molecule has 140 valence electrons. The first-order chi connectivity index (χ1) is 12.4. The van der Waals surface area contributed by atoms with Gasteiger partial charge in [0, 0.05) is 17.5 Å². The highest BCUT2D eigenvalue weighted by Crippen LogP contribution is 2.37. The molecule has 4 rings (SSSR count). The van der Waals surface area contributed by atoms with Crippen LogP contribution in [0, 0.1) is 0 Å². The predicted molar refractivity (Wildman–Crippen MR) is 89.0 cm³/mol. The van der Waals surface area contributed by atoms with Gasteiger partial charge in [-0.05, 0) is 49.4 Å². The Kier molecular flexibility index (Phi) is 4.66. The van der Waals surface area contributed by atoms with E-state index in [-0.39, 0.29) is 5.92 Å². The van der Waals surface area contributed by atoms with Gasteiger partial charge in [-0.2, -0.15) is 0 Å². The minimum Gasteiger partial charge on any atom is -0.306 e. The maximum atomic E-state index is 12.4. The summed E-state index contributed by atoms with van der Waals surface area (Å²) in [5.74, 6) is 1.67. The summed E-state index contributed by atoms with van der Waals surface area (Å²) >= 11 is 6.11. The summed E-state index contributed by atoms with van der Waals surface area (Å²) in [7, 11) is 0. The molecule has 0 radical (unpaired) electrons. The number of aromatic nitrogens is 3. The highest BCUT2D eigenvalue weighted by molar-refractivity contribution is 6.30. The van der Waals surface area contributed by atoms with E-state index in [1.165, 1.54) is 0 Å². The summed E-state index contributed by atoms with van der Waals surface area (Å²) in [5.41, 5.74) is 2.02. The molecule has 26 heavy (non-hydrogen) atoms. The minimum absolute atomic E-state index is 0.0611. The molecular weight excluding hydrogens is 369 g/mol. The number of nitrogens with zero attached hydrogens (tertiary/aromatic N) is 3. The van der Waals surface area contributed by atoms with Crippen LogP contribution in [0.15, 0.2) is 18.2 Å². The van der Waals surface area contributed by atoms with Crippen LogP contribution in [0.4, 0.5) is 13.2 Å². The van der Waals surface area contributed by atoms with Crippen molar-refractivity contribution in [2.75, 3.05) is 0 Å². The molecule has 1 aliphatic heterocycles. The largest absolute Gasteiger partial charge is 0.522 e. The fourth-order valence-electron chi connectivity index (χ4n) is 3.82. The van der Waals surface area contributed by atoms with E-state index in [1.807, 2.05) is 22.8 Å². The molecule has 0 spiro atoms. The van der Waals surface area contributed by atoms with Crippen LogP contribution in [0.1, 0.15) is 48.8 Å². The van der Waals surface area contributed by atoms with Crippen LogP contribution < -0.4 is 5.32 Å². The van der Waals surface area contributed by atoms with Gasteiger partial charge in [0.2, 0.25) is 0 Å². The topological polar surface area (TPSA) is 52.0 Å². The van der Waals surface area contributed by atoms with E-state index in [9.17, 15) is 13.2 Å². The van der Waals surface area contributed by atoms with Crippen LogP contribution in [0.2, 0.25) is 5.02 Å². The Labute approximate surface area is 153 Å². The average Bonchev–Trinajstić information content (AvgIpc) is 2.90. The number of hydrogen-bond donors (Lipinski definition) is 1. The zero-order valence-electron chi connectivity index (χ0n) is 13.9. The molecule has 2 heterocycles. The van der Waals surface area contributed by atoms with Crippen LogP contribution in [0.3, 0.4) is 0 Å². The number of halogens is 4. The first kappa shape index (κ1) is 17.8. The standard InChI is InChI=1S/C17H18ClF3N4O/c18-12-3-6-14-11(7-12)8-22-9-15-23-24-16(25(14)15)10-1-4-13(5-2-10)26-17(19,20)21/h3,6-7,10,13,22H,1-2,4-5,8-9H2. The molecule has 1 aromatic heterocycles. The smallest absolute Gasteiger partial charge is 0.306 e. The second kappa shape index (κ2) is 6.83. The molecule has 1 aromatic carbocycles. The van der Waals surface area contributed by atoms with Crippen molar-refractivity contribution in [3.05, 3.63) is 40.4 Å². The molecule has 0 atom stereocenters. The molecule has 1 saturated carbocycles. The fourth-order valence-corrected chi connectivity index (χ4v) is 4.02. The predicted octanol–water partition coefficient (Wildman–Crippen LogP) is 4.09. The van der Waals surface area contributed by atoms with E-state index in [1.54, 1.807) is 0 Å². The maximum Gasteiger partial charge on any atom is 0.522 e. The second-order valence-corrected chi connectivity index (χ2v) is 7.16. The van der Waals surface area contributed by atoms with Crippen molar-refractivity contribution < 1.29 is 17.9 Å². The SMILES string of the molecule is FC(F)(F)OC1CCC(c2nnc3n2-c2ccc(Cl)cc2CNC3)CC1. The first-order valence-corrected chi connectivity index (χ1v) is 8.97. The number of fused-ring (bicyclic) bond motifs is 3. The molecule has 0 bridgehead atoms. The second-order valence-electron chi connectivity index (χ2n) is 6.72. The quantitative estimate of drug-likeness (QED) is 0.844. The van der Waals surface area contributed by atoms with Gasteiger partial charge in [-0.1, -0.05) is 11.6 Å². The summed E-state index contributed by atoms with van der Waals surface area (Å²) < 4.78 is 43.4. The third-order valence-corrected chi connectivity index (χ3v) is 5.21. The minimum atomic E-state index is -4.58. The van der Waals surface area contributed by atoms with Gasteiger partial charge in [0.25, 0.3) is 0 Å². The Balaban J connectivity index is 1.59. The van der Waals surface area contributed by atoms with Gasteiger partial charge in [-0.3, -0.25) is 9.30 Å². The van der Waals surface area contributed by atoms with Gasteiger partial charge in [0.05, 0.1) is 18.3 Å². The lowest BCUT2D eigenvalue weighted by Crippen LogP contribution is -2.28. The Morgan fingerprint density at radius 1 is 1.12 bits per heavy atom. The highest BCUT2D eigenvalue weighted by Gasteiger charge is 2.36. The zero-order valence-corrected chi connectivity index (χ0v) is 14.6. The molecule has 9 heteroatoms. The van der Waals surface area contributed by atoms with E-state index in [0.29, 0.717) is 43.8 Å². The number of rotatable bonds is 2. The van der Waals surface area contributed by atoms with E-state index < -0.39 is 12.5 Å². The summed E-state index contributed by atoms with van der Waals surface area (Å²) in [4.78, 5) is 0. The molecule has 0 amide bonds. The number of ether oxygens (including phenoxy) is 1. The molecule has 2 aromatic rings. The van der Waals surface area contributed by atoms with Crippen LogP contribution in [-0.4, -0.2) is 27.2 Å². The number of benzene rings is 1. The van der Waals surface area contributed by atoms with Crippen LogP contribution in [-0.2, 0) is 17.8 Å². The van der Waals surface area contributed by atoms with Crippen LogP contribution in [0.5, 0.6) is 0 Å². The van der Waals surface area contributed by atoms with Crippen molar-refractivity contribution in [3.63, 3.8) is 0 Å². The summed E-state index contributed by atoms with van der Waals surface area (Å²) in [5, 5.41) is 12.6. The highest BCUT2D eigenvalue weighted by atomic mass is 35.5. The van der Waals surface area contributed by atoms with E-state index >= 15 is 0 Å². The normalized spacial score (nSPS) is 23.2. The molecule has 5 nitrogen and oxygen atoms in total. The van der Waals surface area contributed by atoms with Crippen molar-refractivity contribution >= 4 is 11.6 Å².